The van der Waals surface area contributed by atoms with Gasteiger partial charge in [-0.25, -0.2) is 9.78 Å². The first kappa shape index (κ1) is 12.0. The average Bonchev–Trinajstić information content (AvgIpc) is 2.47. The first-order chi connectivity index (χ1) is 9.68. The van der Waals surface area contributed by atoms with E-state index in [9.17, 15) is 9.59 Å². The first-order valence-corrected chi connectivity index (χ1v) is 5.83. The van der Waals surface area contributed by atoms with E-state index in [1.807, 2.05) is 0 Å². The summed E-state index contributed by atoms with van der Waals surface area (Å²) in [5.41, 5.74) is -0.339. The number of pyridine rings is 1. The number of aromatic carboxylic acids is 1. The number of hydrogen-bond donors (Lipinski definition) is 1. The van der Waals surface area contributed by atoms with Crippen LogP contribution < -0.4 is 5.56 Å². The van der Waals surface area contributed by atoms with E-state index in [4.69, 9.17) is 5.11 Å². The van der Waals surface area contributed by atoms with Gasteiger partial charge in [-0.15, -0.1) is 0 Å². The Labute approximate surface area is 113 Å². The second-order valence-corrected chi connectivity index (χ2v) is 4.13. The number of carbonyl (C=O) groups is 1. The minimum Gasteiger partial charge on any atom is -0.477 e. The normalized spacial score (nSPS) is 10.6. The van der Waals surface area contributed by atoms with Crippen LogP contribution in [0.1, 0.15) is 10.4 Å². The van der Waals surface area contributed by atoms with Crippen molar-refractivity contribution in [1.82, 2.24) is 14.5 Å². The third-order valence-corrected chi connectivity index (χ3v) is 2.92. The standard InChI is InChI=1S/C14H9N3O3/c18-13-10(14(19)20)7-9-3-1-2-4-11(9)17(13)12-8-15-5-6-16-12/h1-8H,(H,19,20). The van der Waals surface area contributed by atoms with Crippen molar-refractivity contribution in [2.24, 2.45) is 0 Å². The molecule has 2 aromatic heterocycles. The number of aromatic nitrogens is 3. The molecule has 0 aliphatic carbocycles. The van der Waals surface area contributed by atoms with Gasteiger partial charge in [-0.2, -0.15) is 0 Å². The molecule has 0 radical (unpaired) electrons. The minimum atomic E-state index is -1.27. The fourth-order valence-electron chi connectivity index (χ4n) is 2.05. The van der Waals surface area contributed by atoms with Crippen molar-refractivity contribution in [2.75, 3.05) is 0 Å². The molecule has 0 aliphatic rings. The van der Waals surface area contributed by atoms with Crippen LogP contribution in [0.3, 0.4) is 0 Å². The van der Waals surface area contributed by atoms with Crippen LogP contribution in [-0.2, 0) is 0 Å². The van der Waals surface area contributed by atoms with Crippen molar-refractivity contribution < 1.29 is 9.90 Å². The number of benzene rings is 1. The summed E-state index contributed by atoms with van der Waals surface area (Å²) in [4.78, 5) is 31.5. The summed E-state index contributed by atoms with van der Waals surface area (Å²) in [6.07, 6.45) is 4.35. The molecule has 0 saturated heterocycles. The van der Waals surface area contributed by atoms with Gasteiger partial charge in [-0.05, 0) is 17.5 Å². The molecule has 0 spiro atoms. The van der Waals surface area contributed by atoms with Crippen LogP contribution in [0.15, 0.2) is 53.7 Å². The third-order valence-electron chi connectivity index (χ3n) is 2.92. The maximum Gasteiger partial charge on any atom is 0.341 e. The second-order valence-electron chi connectivity index (χ2n) is 4.13. The molecule has 6 heteroatoms. The minimum absolute atomic E-state index is 0.289. The van der Waals surface area contributed by atoms with Crippen molar-refractivity contribution >= 4 is 16.9 Å². The number of hydrogen-bond acceptors (Lipinski definition) is 4. The van der Waals surface area contributed by atoms with E-state index < -0.39 is 11.5 Å². The third kappa shape index (κ3) is 1.83. The van der Waals surface area contributed by atoms with Crippen LogP contribution in [0, 0.1) is 0 Å². The lowest BCUT2D eigenvalue weighted by Gasteiger charge is -2.10. The largest absolute Gasteiger partial charge is 0.477 e. The van der Waals surface area contributed by atoms with Gasteiger partial charge in [0, 0.05) is 12.4 Å². The number of nitrogens with zero attached hydrogens (tertiary/aromatic N) is 3. The highest BCUT2D eigenvalue weighted by Crippen LogP contribution is 2.16. The van der Waals surface area contributed by atoms with Crippen molar-refractivity contribution in [3.05, 3.63) is 64.8 Å². The number of para-hydroxylation sites is 1. The van der Waals surface area contributed by atoms with Crippen molar-refractivity contribution in [3.8, 4) is 5.82 Å². The van der Waals surface area contributed by atoms with E-state index in [1.165, 1.54) is 29.2 Å². The second kappa shape index (κ2) is 4.58. The van der Waals surface area contributed by atoms with Crippen molar-refractivity contribution in [2.45, 2.75) is 0 Å². The molecule has 1 N–H and O–H groups in total. The van der Waals surface area contributed by atoms with E-state index in [0.29, 0.717) is 10.9 Å². The topological polar surface area (TPSA) is 85.1 Å². The van der Waals surface area contributed by atoms with Gasteiger partial charge in [0.1, 0.15) is 5.56 Å². The van der Waals surface area contributed by atoms with Gasteiger partial charge in [-0.1, -0.05) is 18.2 Å². The van der Waals surface area contributed by atoms with Crippen LogP contribution in [0.2, 0.25) is 0 Å². The summed E-state index contributed by atoms with van der Waals surface area (Å²) < 4.78 is 1.26. The number of carboxylic acids is 1. The molecule has 0 atom stereocenters. The maximum atomic E-state index is 12.3. The molecular weight excluding hydrogens is 258 g/mol. The predicted octanol–water partition coefficient (Wildman–Crippen LogP) is 1.48. The van der Waals surface area contributed by atoms with Gasteiger partial charge in [0.25, 0.3) is 5.56 Å². The van der Waals surface area contributed by atoms with Gasteiger partial charge in [0.15, 0.2) is 5.82 Å². The molecule has 3 rings (SSSR count). The quantitative estimate of drug-likeness (QED) is 0.760. The van der Waals surface area contributed by atoms with E-state index in [-0.39, 0.29) is 11.4 Å². The molecule has 0 amide bonds. The molecule has 0 saturated carbocycles. The Balaban J connectivity index is 2.48. The molecule has 2 heterocycles. The van der Waals surface area contributed by atoms with Gasteiger partial charge < -0.3 is 5.11 Å². The van der Waals surface area contributed by atoms with Crippen LogP contribution in [0.5, 0.6) is 0 Å². The maximum absolute atomic E-state index is 12.3. The summed E-state index contributed by atoms with van der Waals surface area (Å²) in [5.74, 6) is -0.977. The van der Waals surface area contributed by atoms with E-state index in [0.717, 1.165) is 0 Å². The smallest absolute Gasteiger partial charge is 0.341 e. The molecule has 0 fully saturated rings. The zero-order chi connectivity index (χ0) is 14.1. The zero-order valence-corrected chi connectivity index (χ0v) is 10.2. The van der Waals surface area contributed by atoms with Crippen LogP contribution in [0.25, 0.3) is 16.7 Å². The highest BCUT2D eigenvalue weighted by molar-refractivity contribution is 5.93. The van der Waals surface area contributed by atoms with Gasteiger partial charge >= 0.3 is 5.97 Å². The fourth-order valence-corrected chi connectivity index (χ4v) is 2.05. The van der Waals surface area contributed by atoms with Crippen molar-refractivity contribution in [3.63, 3.8) is 0 Å². The Bertz CT molecular complexity index is 856. The van der Waals surface area contributed by atoms with Crippen LogP contribution in [0.4, 0.5) is 0 Å². The monoisotopic (exact) mass is 267 g/mol. The first-order valence-electron chi connectivity index (χ1n) is 5.83. The summed E-state index contributed by atoms with van der Waals surface area (Å²) in [5, 5.41) is 9.80. The van der Waals surface area contributed by atoms with Gasteiger partial charge in [0.05, 0.1) is 11.7 Å². The summed E-state index contributed by atoms with van der Waals surface area (Å²) in [7, 11) is 0. The van der Waals surface area contributed by atoms with Crippen molar-refractivity contribution in [1.29, 1.82) is 0 Å². The Morgan fingerprint density at radius 3 is 2.70 bits per heavy atom. The Morgan fingerprint density at radius 2 is 2.00 bits per heavy atom. The lowest BCUT2D eigenvalue weighted by molar-refractivity contribution is 0.0695. The molecule has 3 aromatic rings. The summed E-state index contributed by atoms with van der Waals surface area (Å²) in [6, 6.07) is 8.40. The highest BCUT2D eigenvalue weighted by atomic mass is 16.4. The highest BCUT2D eigenvalue weighted by Gasteiger charge is 2.16. The molecule has 1 aromatic carbocycles. The van der Waals surface area contributed by atoms with Crippen LogP contribution in [-0.4, -0.2) is 25.6 Å². The summed E-state index contributed by atoms with van der Waals surface area (Å²) in [6.45, 7) is 0. The molecule has 0 bridgehead atoms. The molecule has 6 nitrogen and oxygen atoms in total. The van der Waals surface area contributed by atoms with E-state index >= 15 is 0 Å². The fraction of sp³-hybridized carbons (Fsp3) is 0. The van der Waals surface area contributed by atoms with Gasteiger partial charge in [-0.3, -0.25) is 14.3 Å². The Morgan fingerprint density at radius 1 is 1.20 bits per heavy atom. The predicted molar refractivity (Wildman–Crippen MR) is 72.1 cm³/mol. The number of fused-ring (bicyclic) bond motifs is 1. The van der Waals surface area contributed by atoms with E-state index in [2.05, 4.69) is 9.97 Å². The zero-order valence-electron chi connectivity index (χ0n) is 10.2. The molecular formula is C14H9N3O3. The lowest BCUT2D eigenvalue weighted by Crippen LogP contribution is -2.26. The Hall–Kier alpha value is -3.02. The molecule has 0 unspecified atom stereocenters. The van der Waals surface area contributed by atoms with E-state index in [1.54, 1.807) is 24.3 Å². The SMILES string of the molecule is O=C(O)c1cc2ccccc2n(-c2cnccn2)c1=O. The molecule has 20 heavy (non-hydrogen) atoms. The lowest BCUT2D eigenvalue weighted by atomic mass is 10.1. The Kier molecular flexibility index (Phi) is 2.76. The number of carboxylic acid groups (broad SMARTS) is 1. The molecule has 0 aliphatic heterocycles. The number of rotatable bonds is 2. The van der Waals surface area contributed by atoms with Crippen LogP contribution >= 0.6 is 0 Å². The van der Waals surface area contributed by atoms with Gasteiger partial charge in [0.2, 0.25) is 0 Å². The average molecular weight is 267 g/mol. The summed E-state index contributed by atoms with van der Waals surface area (Å²) >= 11 is 0. The molecule has 98 valence electrons.